The van der Waals surface area contributed by atoms with Gasteiger partial charge in [0, 0.05) is 0 Å². The second-order valence-electron chi connectivity index (χ2n) is 2.96. The van der Waals surface area contributed by atoms with Crippen LogP contribution in [0.1, 0.15) is 0 Å². The van der Waals surface area contributed by atoms with Crippen molar-refractivity contribution in [2.24, 2.45) is 0 Å². The molecule has 0 atom stereocenters. The van der Waals surface area contributed by atoms with E-state index in [9.17, 15) is 8.42 Å². The smallest absolute Gasteiger partial charge is 0.223 e. The molecule has 2 aromatic carbocycles. The van der Waals surface area contributed by atoms with E-state index >= 15 is 0 Å². The van der Waals surface area contributed by atoms with Crippen LogP contribution in [-0.2, 0) is 30.9 Å². The molecule has 4 heteroatoms. The Hall–Kier alpha value is -0.922. The Morgan fingerprint density at radius 1 is 0.812 bits per heavy atom. The Kier molecular flexibility index (Phi) is 4.45. The molecule has 0 bridgehead atoms. The van der Waals surface area contributed by atoms with Gasteiger partial charge in [-0.1, -0.05) is 0 Å². The third kappa shape index (κ3) is 2.60. The summed E-state index contributed by atoms with van der Waals surface area (Å²) in [6, 6.07) is 18.4. The number of hydrogen-bond acceptors (Lipinski definition) is 2. The molecule has 0 aromatic heterocycles. The van der Waals surface area contributed by atoms with Gasteiger partial charge >= 0.3 is 21.1 Å². The minimum Gasteiger partial charge on any atom is -0.223 e. The molecule has 16 heavy (non-hydrogen) atoms. The molecule has 0 aliphatic carbocycles. The van der Waals surface area contributed by atoms with Crippen LogP contribution in [0, 0.1) is 12.1 Å². The molecule has 0 radical (unpaired) electrons. The van der Waals surface area contributed by atoms with Crippen molar-refractivity contribution in [1.82, 2.24) is 0 Å². The van der Waals surface area contributed by atoms with Gasteiger partial charge in [0.2, 0.25) is 0 Å². The average molecular weight is 400 g/mol. The second kappa shape index (κ2) is 5.42. The van der Waals surface area contributed by atoms with E-state index in [1.54, 1.807) is 36.4 Å². The summed E-state index contributed by atoms with van der Waals surface area (Å²) < 4.78 is 23.9. The number of rotatable bonds is 2. The quantitative estimate of drug-likeness (QED) is 0.725. The van der Waals surface area contributed by atoms with E-state index in [1.807, 2.05) is 0 Å². The van der Waals surface area contributed by atoms with Gasteiger partial charge in [-0.3, -0.25) is 0 Å². The van der Waals surface area contributed by atoms with Crippen molar-refractivity contribution in [2.45, 2.75) is 9.79 Å². The molecule has 0 heterocycles. The summed E-state index contributed by atoms with van der Waals surface area (Å²) in [6.07, 6.45) is 0. The van der Waals surface area contributed by atoms with Gasteiger partial charge in [0.25, 0.3) is 0 Å². The van der Waals surface area contributed by atoms with Gasteiger partial charge in [-0.05, 0) is 9.79 Å². The fourth-order valence-corrected chi connectivity index (χ4v) is 2.41. The minimum atomic E-state index is -3.45. The topological polar surface area (TPSA) is 34.1 Å². The van der Waals surface area contributed by atoms with E-state index in [-0.39, 0.29) is 30.9 Å². The maximum atomic E-state index is 12.0. The number of sulfone groups is 1. The zero-order valence-corrected chi connectivity index (χ0v) is 12.0. The van der Waals surface area contributed by atoms with Crippen molar-refractivity contribution in [3.8, 4) is 0 Å². The first-order chi connectivity index (χ1) is 7.21. The zero-order valence-electron chi connectivity index (χ0n) is 8.25. The van der Waals surface area contributed by atoms with Crippen molar-refractivity contribution in [2.75, 3.05) is 0 Å². The van der Waals surface area contributed by atoms with Crippen LogP contribution in [0.25, 0.3) is 0 Å². The summed E-state index contributed by atoms with van der Waals surface area (Å²) >= 11 is 0. The molecule has 0 aliphatic rings. The van der Waals surface area contributed by atoms with Gasteiger partial charge in [-0.15, -0.1) is 0 Å². The first-order valence-corrected chi connectivity index (χ1v) is 5.88. The third-order valence-electron chi connectivity index (χ3n) is 1.94. The molecule has 0 spiro atoms. The molecule has 0 aliphatic heterocycles. The van der Waals surface area contributed by atoms with Crippen LogP contribution in [0.4, 0.5) is 0 Å². The largest absolute Gasteiger partial charge is 2.00 e. The Balaban J connectivity index is 0.00000128. The van der Waals surface area contributed by atoms with Crippen LogP contribution in [0.15, 0.2) is 58.3 Å². The number of hydrogen-bond donors (Lipinski definition) is 0. The molecular formula is C12H8O2SW. The normalized spacial score (nSPS) is 10.5. The molecule has 2 aromatic rings. The van der Waals surface area contributed by atoms with Crippen LogP contribution in [0.2, 0.25) is 0 Å². The maximum absolute atomic E-state index is 12.0. The Labute approximate surface area is 110 Å². The molecule has 0 unspecified atom stereocenters. The van der Waals surface area contributed by atoms with E-state index in [0.717, 1.165) is 0 Å². The molecule has 0 fully saturated rings. The Morgan fingerprint density at radius 2 is 1.25 bits per heavy atom. The second-order valence-corrected chi connectivity index (χ2v) is 4.84. The van der Waals surface area contributed by atoms with Gasteiger partial charge in [0.05, 0.1) is 0 Å². The zero-order chi connectivity index (χ0) is 10.7. The van der Waals surface area contributed by atoms with Gasteiger partial charge in [0.1, 0.15) is 0 Å². The molecule has 0 N–H and O–H groups in total. The fraction of sp³-hybridized carbons (Fsp3) is 0. The predicted molar refractivity (Wildman–Crippen MR) is 56.0 cm³/mol. The van der Waals surface area contributed by atoms with E-state index in [2.05, 4.69) is 12.1 Å². The van der Waals surface area contributed by atoms with E-state index in [0.29, 0.717) is 0 Å². The predicted octanol–water partition coefficient (Wildman–Crippen LogP) is 2.12. The first-order valence-electron chi connectivity index (χ1n) is 4.40. The summed E-state index contributed by atoms with van der Waals surface area (Å²) in [5.41, 5.74) is 0. The van der Waals surface area contributed by atoms with Gasteiger partial charge in [-0.25, -0.2) is 8.42 Å². The molecular weight excluding hydrogens is 392 g/mol. The van der Waals surface area contributed by atoms with E-state index < -0.39 is 9.84 Å². The molecule has 2 rings (SSSR count). The van der Waals surface area contributed by atoms with E-state index in [1.165, 1.54) is 12.1 Å². The molecule has 80 valence electrons. The fourth-order valence-electron chi connectivity index (χ4n) is 1.21. The van der Waals surface area contributed by atoms with Crippen LogP contribution < -0.4 is 0 Å². The van der Waals surface area contributed by atoms with Gasteiger partial charge in [-0.2, -0.15) is 60.7 Å². The van der Waals surface area contributed by atoms with Crippen molar-refractivity contribution in [3.05, 3.63) is 60.7 Å². The van der Waals surface area contributed by atoms with Crippen LogP contribution in [0.3, 0.4) is 0 Å². The molecule has 2 nitrogen and oxygen atoms in total. The molecule has 0 amide bonds. The van der Waals surface area contributed by atoms with Crippen molar-refractivity contribution in [3.63, 3.8) is 0 Å². The Morgan fingerprint density at radius 3 is 1.56 bits per heavy atom. The maximum Gasteiger partial charge on any atom is 2.00 e. The summed E-state index contributed by atoms with van der Waals surface area (Å²) in [5.74, 6) is 0. The summed E-state index contributed by atoms with van der Waals surface area (Å²) in [6.45, 7) is 0. The van der Waals surface area contributed by atoms with Crippen LogP contribution in [0.5, 0.6) is 0 Å². The molecule has 0 saturated heterocycles. The first kappa shape index (κ1) is 13.1. The monoisotopic (exact) mass is 400 g/mol. The van der Waals surface area contributed by atoms with Crippen molar-refractivity contribution in [1.29, 1.82) is 0 Å². The third-order valence-corrected chi connectivity index (χ3v) is 3.61. The SMILES string of the molecule is O=S(=O)(c1[c-]cccc1)c1[c-]cccc1.[W+2]. The Bertz CT molecular complexity index is 490. The standard InChI is InChI=1S/C12H8O2S.W/c13-15(14,11-7-3-1-4-8-11)12-9-5-2-6-10-12;/h1-7,9H;/q-2;+2. The van der Waals surface area contributed by atoms with Crippen molar-refractivity contribution < 1.29 is 29.5 Å². The average Bonchev–Trinajstić information content (AvgIpc) is 2.31. The van der Waals surface area contributed by atoms with Crippen molar-refractivity contribution >= 4 is 9.84 Å². The van der Waals surface area contributed by atoms with E-state index in [4.69, 9.17) is 0 Å². The summed E-state index contributed by atoms with van der Waals surface area (Å²) in [4.78, 5) is 0.347. The minimum absolute atomic E-state index is 0. The summed E-state index contributed by atoms with van der Waals surface area (Å²) in [5, 5.41) is 0. The molecule has 0 saturated carbocycles. The van der Waals surface area contributed by atoms with Gasteiger partial charge in [0.15, 0.2) is 9.84 Å². The van der Waals surface area contributed by atoms with Crippen LogP contribution >= 0.6 is 0 Å². The summed E-state index contributed by atoms with van der Waals surface area (Å²) in [7, 11) is -3.45. The van der Waals surface area contributed by atoms with Gasteiger partial charge < -0.3 is 0 Å². The van der Waals surface area contributed by atoms with Crippen LogP contribution in [-0.4, -0.2) is 8.42 Å². The number of benzene rings is 2.